The topological polar surface area (TPSA) is 67.6 Å². The Bertz CT molecular complexity index is 604. The summed E-state index contributed by atoms with van der Waals surface area (Å²) < 4.78 is 13.7. The molecule has 0 aliphatic carbocycles. The molecule has 1 aliphatic heterocycles. The fourth-order valence-corrected chi connectivity index (χ4v) is 2.63. The fourth-order valence-electron chi connectivity index (χ4n) is 2.63. The van der Waals surface area contributed by atoms with Gasteiger partial charge in [0.25, 0.3) is 0 Å². The molecule has 1 atom stereocenters. The monoisotopic (exact) mass is 319 g/mol. The van der Waals surface area contributed by atoms with Crippen LogP contribution in [-0.2, 0) is 4.79 Å². The van der Waals surface area contributed by atoms with Crippen LogP contribution in [0.25, 0.3) is 0 Å². The minimum absolute atomic E-state index is 0.0440. The summed E-state index contributed by atoms with van der Waals surface area (Å²) in [6.45, 7) is 5.85. The van der Waals surface area contributed by atoms with Gasteiger partial charge in [-0.05, 0) is 18.1 Å². The summed E-state index contributed by atoms with van der Waals surface area (Å²) in [7, 11) is 0. The first kappa shape index (κ1) is 17.2. The molecule has 1 unspecified atom stereocenters. The zero-order chi connectivity index (χ0) is 17.0. The van der Waals surface area contributed by atoms with Crippen molar-refractivity contribution in [2.45, 2.75) is 26.4 Å². The molecule has 1 fully saturated rings. The van der Waals surface area contributed by atoms with Gasteiger partial charge in [-0.2, -0.15) is 5.26 Å². The SMILES string of the molecule is CC(C)C(O)CC(=O)N1CCN(c2cccc(F)c2C#N)CC1. The number of carbonyl (C=O) groups excluding carboxylic acids is 1. The maximum Gasteiger partial charge on any atom is 0.225 e. The number of rotatable bonds is 4. The molecule has 124 valence electrons. The Kier molecular flexibility index (Phi) is 5.56. The predicted octanol–water partition coefficient (Wildman–Crippen LogP) is 1.75. The Balaban J connectivity index is 1.98. The van der Waals surface area contributed by atoms with Crippen LogP contribution in [0.4, 0.5) is 10.1 Å². The van der Waals surface area contributed by atoms with Gasteiger partial charge in [-0.15, -0.1) is 0 Å². The molecule has 1 saturated heterocycles. The standard InChI is InChI=1S/C17H22FN3O2/c1-12(2)16(22)10-17(23)21-8-6-20(7-9-21)15-5-3-4-14(18)13(15)11-19/h3-5,12,16,22H,6-10H2,1-2H3. The lowest BCUT2D eigenvalue weighted by molar-refractivity contribution is -0.134. The van der Waals surface area contributed by atoms with E-state index in [1.807, 2.05) is 24.8 Å². The molecule has 0 aromatic heterocycles. The molecule has 1 aromatic carbocycles. The molecule has 23 heavy (non-hydrogen) atoms. The van der Waals surface area contributed by atoms with Gasteiger partial charge in [0, 0.05) is 26.2 Å². The summed E-state index contributed by atoms with van der Waals surface area (Å²) in [6, 6.07) is 6.49. The molecular formula is C17H22FN3O2. The second-order valence-corrected chi connectivity index (χ2v) is 6.13. The molecule has 1 heterocycles. The molecule has 0 radical (unpaired) electrons. The van der Waals surface area contributed by atoms with E-state index in [9.17, 15) is 14.3 Å². The van der Waals surface area contributed by atoms with Gasteiger partial charge >= 0.3 is 0 Å². The van der Waals surface area contributed by atoms with E-state index < -0.39 is 11.9 Å². The predicted molar refractivity (Wildman–Crippen MR) is 85.4 cm³/mol. The summed E-state index contributed by atoms with van der Waals surface area (Å²) in [5.74, 6) is -0.542. The smallest absolute Gasteiger partial charge is 0.225 e. The average Bonchev–Trinajstić information content (AvgIpc) is 2.54. The zero-order valence-electron chi connectivity index (χ0n) is 13.5. The van der Waals surface area contributed by atoms with E-state index in [-0.39, 0.29) is 23.8 Å². The third-order valence-electron chi connectivity index (χ3n) is 4.23. The van der Waals surface area contributed by atoms with Crippen molar-refractivity contribution in [1.82, 2.24) is 4.90 Å². The Morgan fingerprint density at radius 2 is 2.00 bits per heavy atom. The van der Waals surface area contributed by atoms with Gasteiger partial charge in [-0.1, -0.05) is 19.9 Å². The van der Waals surface area contributed by atoms with Gasteiger partial charge in [0.2, 0.25) is 5.91 Å². The number of carbonyl (C=O) groups is 1. The van der Waals surface area contributed by atoms with Crippen molar-refractivity contribution in [1.29, 1.82) is 5.26 Å². The molecule has 0 spiro atoms. The van der Waals surface area contributed by atoms with Gasteiger partial charge in [0.05, 0.1) is 18.2 Å². The van der Waals surface area contributed by atoms with Crippen LogP contribution in [0.15, 0.2) is 18.2 Å². The second-order valence-electron chi connectivity index (χ2n) is 6.13. The van der Waals surface area contributed by atoms with E-state index in [1.54, 1.807) is 17.0 Å². The van der Waals surface area contributed by atoms with Crippen LogP contribution < -0.4 is 4.90 Å². The van der Waals surface area contributed by atoms with E-state index in [2.05, 4.69) is 0 Å². The number of anilines is 1. The van der Waals surface area contributed by atoms with Crippen molar-refractivity contribution in [3.63, 3.8) is 0 Å². The van der Waals surface area contributed by atoms with Crippen molar-refractivity contribution < 1.29 is 14.3 Å². The number of aliphatic hydroxyl groups is 1. The number of amides is 1. The molecule has 0 saturated carbocycles. The molecule has 1 aliphatic rings. The van der Waals surface area contributed by atoms with Crippen molar-refractivity contribution in [2.24, 2.45) is 5.92 Å². The number of aliphatic hydroxyl groups excluding tert-OH is 1. The Morgan fingerprint density at radius 1 is 1.35 bits per heavy atom. The molecule has 6 heteroatoms. The first-order valence-corrected chi connectivity index (χ1v) is 7.83. The Morgan fingerprint density at radius 3 is 2.57 bits per heavy atom. The maximum atomic E-state index is 13.7. The summed E-state index contributed by atoms with van der Waals surface area (Å²) in [5.41, 5.74) is 0.615. The number of nitriles is 1. The lowest BCUT2D eigenvalue weighted by atomic mass is 10.0. The van der Waals surface area contributed by atoms with Crippen molar-refractivity contribution in [3.8, 4) is 6.07 Å². The fraction of sp³-hybridized carbons (Fsp3) is 0.529. The van der Waals surface area contributed by atoms with Crippen LogP contribution in [0.1, 0.15) is 25.8 Å². The minimum atomic E-state index is -0.631. The molecule has 1 aromatic rings. The van der Waals surface area contributed by atoms with Crippen molar-refractivity contribution in [2.75, 3.05) is 31.1 Å². The number of halogens is 1. The van der Waals surface area contributed by atoms with Crippen LogP contribution in [-0.4, -0.2) is 48.2 Å². The van der Waals surface area contributed by atoms with E-state index in [1.165, 1.54) is 6.07 Å². The third-order valence-corrected chi connectivity index (χ3v) is 4.23. The number of hydrogen-bond acceptors (Lipinski definition) is 4. The Labute approximate surface area is 135 Å². The summed E-state index contributed by atoms with van der Waals surface area (Å²) in [6.07, 6.45) is -0.505. The van der Waals surface area contributed by atoms with E-state index in [0.717, 1.165) is 0 Å². The lowest BCUT2D eigenvalue weighted by Gasteiger charge is -2.37. The molecule has 1 N–H and O–H groups in total. The van der Waals surface area contributed by atoms with E-state index in [4.69, 9.17) is 5.26 Å². The average molecular weight is 319 g/mol. The first-order chi connectivity index (χ1) is 10.9. The van der Waals surface area contributed by atoms with Crippen molar-refractivity contribution in [3.05, 3.63) is 29.6 Å². The molecule has 0 bridgehead atoms. The number of benzene rings is 1. The number of piperazine rings is 1. The highest BCUT2D eigenvalue weighted by Gasteiger charge is 2.25. The summed E-state index contributed by atoms with van der Waals surface area (Å²) in [4.78, 5) is 15.8. The van der Waals surface area contributed by atoms with E-state index in [0.29, 0.717) is 31.9 Å². The van der Waals surface area contributed by atoms with Gasteiger partial charge in [-0.25, -0.2) is 4.39 Å². The lowest BCUT2D eigenvalue weighted by Crippen LogP contribution is -2.49. The van der Waals surface area contributed by atoms with Gasteiger partial charge in [0.15, 0.2) is 0 Å². The molecule has 1 amide bonds. The highest BCUT2D eigenvalue weighted by atomic mass is 19.1. The first-order valence-electron chi connectivity index (χ1n) is 7.83. The summed E-state index contributed by atoms with van der Waals surface area (Å²) in [5, 5.41) is 18.9. The maximum absolute atomic E-state index is 13.7. The zero-order valence-corrected chi connectivity index (χ0v) is 13.5. The Hall–Kier alpha value is -2.13. The van der Waals surface area contributed by atoms with Crippen LogP contribution in [0, 0.1) is 23.1 Å². The van der Waals surface area contributed by atoms with Crippen molar-refractivity contribution >= 4 is 11.6 Å². The quantitative estimate of drug-likeness (QED) is 0.918. The van der Waals surface area contributed by atoms with Gasteiger partial charge in [-0.3, -0.25) is 4.79 Å². The third kappa shape index (κ3) is 3.99. The molecule has 5 nitrogen and oxygen atoms in total. The van der Waals surface area contributed by atoms with Gasteiger partial charge in [0.1, 0.15) is 17.4 Å². The molecular weight excluding hydrogens is 297 g/mol. The van der Waals surface area contributed by atoms with Crippen LogP contribution in [0.2, 0.25) is 0 Å². The number of nitrogens with zero attached hydrogens (tertiary/aromatic N) is 3. The van der Waals surface area contributed by atoms with E-state index >= 15 is 0 Å². The van der Waals surface area contributed by atoms with Gasteiger partial charge < -0.3 is 14.9 Å². The molecule has 2 rings (SSSR count). The largest absolute Gasteiger partial charge is 0.392 e. The second kappa shape index (κ2) is 7.42. The summed E-state index contributed by atoms with van der Waals surface area (Å²) >= 11 is 0. The normalized spacial score (nSPS) is 16.3. The van der Waals surface area contributed by atoms with Crippen LogP contribution in [0.3, 0.4) is 0 Å². The van der Waals surface area contributed by atoms with Crippen LogP contribution >= 0.6 is 0 Å². The van der Waals surface area contributed by atoms with Crippen LogP contribution in [0.5, 0.6) is 0 Å². The number of hydrogen-bond donors (Lipinski definition) is 1. The minimum Gasteiger partial charge on any atom is -0.392 e. The highest BCUT2D eigenvalue weighted by molar-refractivity contribution is 5.77. The highest BCUT2D eigenvalue weighted by Crippen LogP contribution is 2.24.